The highest BCUT2D eigenvalue weighted by atomic mass is 32.2. The molecule has 0 atom stereocenters. The molecule has 2 N–H and O–H groups in total. The van der Waals surface area contributed by atoms with Crippen molar-refractivity contribution in [3.8, 4) is 0 Å². The van der Waals surface area contributed by atoms with Crippen LogP contribution in [0.15, 0.2) is 17.0 Å². The molecule has 22 heavy (non-hydrogen) atoms. The summed E-state index contributed by atoms with van der Waals surface area (Å²) in [4.78, 5) is 2.06. The molecule has 1 saturated heterocycles. The van der Waals surface area contributed by atoms with E-state index in [2.05, 4.69) is 4.90 Å². The molecule has 0 unspecified atom stereocenters. The predicted molar refractivity (Wildman–Crippen MR) is 81.8 cm³/mol. The van der Waals surface area contributed by atoms with E-state index in [0.29, 0.717) is 26.2 Å². The summed E-state index contributed by atoms with van der Waals surface area (Å²) in [5.41, 5.74) is -0.184. The first kappa shape index (κ1) is 17.4. The average Bonchev–Trinajstić information content (AvgIpc) is 2.46. The van der Waals surface area contributed by atoms with Crippen LogP contribution in [-0.2, 0) is 10.0 Å². The van der Waals surface area contributed by atoms with Crippen molar-refractivity contribution in [2.45, 2.75) is 18.7 Å². The standard InChI is InChI=1S/C13H20BFN2O4S/c1-3-16-4-6-17(7-5-16)22(20,21)13-9-11(14(18)19)12(15)8-10(13)2/h8-9,18-19H,3-7H2,1-2H3. The fourth-order valence-corrected chi connectivity index (χ4v) is 4.23. The summed E-state index contributed by atoms with van der Waals surface area (Å²) in [6, 6.07) is 2.03. The molecule has 0 saturated carbocycles. The fourth-order valence-electron chi connectivity index (χ4n) is 2.57. The molecule has 6 nitrogen and oxygen atoms in total. The molecule has 0 amide bonds. The van der Waals surface area contributed by atoms with Crippen molar-refractivity contribution < 1.29 is 22.9 Å². The molecule has 1 heterocycles. The Labute approximate surface area is 130 Å². The molecule has 0 radical (unpaired) electrons. The molecule has 1 fully saturated rings. The molecule has 1 aliphatic rings. The number of piperazine rings is 1. The number of halogens is 1. The van der Waals surface area contributed by atoms with E-state index >= 15 is 0 Å². The zero-order chi connectivity index (χ0) is 16.5. The maximum Gasteiger partial charge on any atom is 0.491 e. The van der Waals surface area contributed by atoms with Crippen LogP contribution in [0.1, 0.15) is 12.5 Å². The van der Waals surface area contributed by atoms with Gasteiger partial charge in [0.05, 0.1) is 4.90 Å². The van der Waals surface area contributed by atoms with Crippen LogP contribution >= 0.6 is 0 Å². The van der Waals surface area contributed by atoms with Gasteiger partial charge in [-0.15, -0.1) is 0 Å². The number of likely N-dealkylation sites (N-methyl/N-ethyl adjacent to an activating group) is 1. The molecule has 1 aliphatic heterocycles. The van der Waals surface area contributed by atoms with E-state index in [9.17, 15) is 12.8 Å². The second-order valence-corrected chi connectivity index (χ2v) is 7.26. The van der Waals surface area contributed by atoms with Gasteiger partial charge in [0.25, 0.3) is 0 Å². The van der Waals surface area contributed by atoms with Crippen LogP contribution in [0.3, 0.4) is 0 Å². The van der Waals surface area contributed by atoms with E-state index in [-0.39, 0.29) is 10.5 Å². The summed E-state index contributed by atoms with van der Waals surface area (Å²) in [6.07, 6.45) is 0. The van der Waals surface area contributed by atoms with Gasteiger partial charge in [-0.25, -0.2) is 12.8 Å². The summed E-state index contributed by atoms with van der Waals surface area (Å²) < 4.78 is 40.4. The smallest absolute Gasteiger partial charge is 0.423 e. The molecule has 1 aromatic carbocycles. The molecule has 122 valence electrons. The highest BCUT2D eigenvalue weighted by Gasteiger charge is 2.31. The van der Waals surface area contributed by atoms with Gasteiger partial charge in [-0.1, -0.05) is 6.92 Å². The molecule has 9 heteroatoms. The average molecular weight is 330 g/mol. The van der Waals surface area contributed by atoms with Crippen LogP contribution in [0, 0.1) is 12.7 Å². The zero-order valence-electron chi connectivity index (χ0n) is 12.7. The number of aryl methyl sites for hydroxylation is 1. The van der Waals surface area contributed by atoms with Crippen molar-refractivity contribution in [3.05, 3.63) is 23.5 Å². The van der Waals surface area contributed by atoms with Crippen LogP contribution < -0.4 is 5.46 Å². The predicted octanol–water partition coefficient (Wildman–Crippen LogP) is -0.860. The van der Waals surface area contributed by atoms with Crippen molar-refractivity contribution in [2.75, 3.05) is 32.7 Å². The molecule has 2 rings (SSSR count). The van der Waals surface area contributed by atoms with Crippen LogP contribution in [0.5, 0.6) is 0 Å². The monoisotopic (exact) mass is 330 g/mol. The van der Waals surface area contributed by atoms with Crippen molar-refractivity contribution >= 4 is 22.6 Å². The highest BCUT2D eigenvalue weighted by Crippen LogP contribution is 2.21. The number of nitrogens with zero attached hydrogens (tertiary/aromatic N) is 2. The third kappa shape index (κ3) is 3.33. The van der Waals surface area contributed by atoms with E-state index in [1.807, 2.05) is 6.92 Å². The molecule has 0 aliphatic carbocycles. The second kappa shape index (κ2) is 6.63. The lowest BCUT2D eigenvalue weighted by molar-refractivity contribution is 0.196. The highest BCUT2D eigenvalue weighted by molar-refractivity contribution is 7.89. The summed E-state index contributed by atoms with van der Waals surface area (Å²) >= 11 is 0. The molecule has 0 spiro atoms. The van der Waals surface area contributed by atoms with Crippen molar-refractivity contribution in [2.24, 2.45) is 0 Å². The van der Waals surface area contributed by atoms with Crippen LogP contribution in [-0.4, -0.2) is 67.5 Å². The number of hydrogen-bond donors (Lipinski definition) is 2. The van der Waals surface area contributed by atoms with E-state index in [1.54, 1.807) is 0 Å². The lowest BCUT2D eigenvalue weighted by atomic mass is 9.79. The second-order valence-electron chi connectivity index (χ2n) is 5.35. The van der Waals surface area contributed by atoms with Gasteiger partial charge < -0.3 is 14.9 Å². The summed E-state index contributed by atoms with van der Waals surface area (Å²) in [5.74, 6) is -0.831. The van der Waals surface area contributed by atoms with Gasteiger partial charge in [-0.3, -0.25) is 0 Å². The molecule has 0 bridgehead atoms. The topological polar surface area (TPSA) is 81.1 Å². The van der Waals surface area contributed by atoms with Gasteiger partial charge in [0, 0.05) is 31.6 Å². The van der Waals surface area contributed by atoms with Crippen LogP contribution in [0.25, 0.3) is 0 Å². The number of rotatable bonds is 4. The van der Waals surface area contributed by atoms with E-state index < -0.39 is 28.4 Å². The van der Waals surface area contributed by atoms with Gasteiger partial charge in [-0.05, 0) is 31.2 Å². The zero-order valence-corrected chi connectivity index (χ0v) is 13.5. The number of hydrogen-bond acceptors (Lipinski definition) is 5. The normalized spacial score (nSPS) is 17.7. The lowest BCUT2D eigenvalue weighted by Crippen LogP contribution is -2.48. The maximum absolute atomic E-state index is 13.7. The van der Waals surface area contributed by atoms with Gasteiger partial charge in [0.1, 0.15) is 5.82 Å². The quantitative estimate of drug-likeness (QED) is 0.703. The Morgan fingerprint density at radius 2 is 1.82 bits per heavy atom. The molecule has 1 aromatic rings. The van der Waals surface area contributed by atoms with Gasteiger partial charge >= 0.3 is 7.12 Å². The third-order valence-corrected chi connectivity index (χ3v) is 6.01. The minimum atomic E-state index is -3.78. The molecular formula is C13H20BFN2O4S. The van der Waals surface area contributed by atoms with Crippen molar-refractivity contribution in [1.29, 1.82) is 0 Å². The van der Waals surface area contributed by atoms with Gasteiger partial charge in [-0.2, -0.15) is 4.31 Å². The first-order valence-electron chi connectivity index (χ1n) is 7.16. The summed E-state index contributed by atoms with van der Waals surface area (Å²) in [5, 5.41) is 18.3. The van der Waals surface area contributed by atoms with Gasteiger partial charge in [0.15, 0.2) is 0 Å². The molecule has 0 aromatic heterocycles. The Balaban J connectivity index is 2.36. The van der Waals surface area contributed by atoms with E-state index in [0.717, 1.165) is 18.7 Å². The Bertz CT molecular complexity index is 646. The first-order chi connectivity index (χ1) is 10.3. The Morgan fingerprint density at radius 1 is 1.23 bits per heavy atom. The third-order valence-electron chi connectivity index (χ3n) is 3.97. The summed E-state index contributed by atoms with van der Waals surface area (Å²) in [6.45, 7) is 6.39. The van der Waals surface area contributed by atoms with Gasteiger partial charge in [0.2, 0.25) is 10.0 Å². The first-order valence-corrected chi connectivity index (χ1v) is 8.60. The van der Waals surface area contributed by atoms with E-state index in [1.165, 1.54) is 11.2 Å². The maximum atomic E-state index is 13.7. The minimum Gasteiger partial charge on any atom is -0.423 e. The Kier molecular flexibility index (Phi) is 5.23. The fraction of sp³-hybridized carbons (Fsp3) is 0.538. The SMILES string of the molecule is CCN1CCN(S(=O)(=O)c2cc(B(O)O)c(F)cc2C)CC1. The summed E-state index contributed by atoms with van der Waals surface area (Å²) in [7, 11) is -5.83. The Morgan fingerprint density at radius 3 is 2.32 bits per heavy atom. The number of sulfonamides is 1. The Hall–Kier alpha value is -0.995. The minimum absolute atomic E-state index is 0.0815. The van der Waals surface area contributed by atoms with Crippen molar-refractivity contribution in [3.63, 3.8) is 0 Å². The van der Waals surface area contributed by atoms with E-state index in [4.69, 9.17) is 10.0 Å². The van der Waals surface area contributed by atoms with Crippen molar-refractivity contribution in [1.82, 2.24) is 9.21 Å². The largest absolute Gasteiger partial charge is 0.491 e. The molecular weight excluding hydrogens is 310 g/mol. The van der Waals surface area contributed by atoms with Crippen LogP contribution in [0.4, 0.5) is 4.39 Å². The number of benzene rings is 1. The lowest BCUT2D eigenvalue weighted by Gasteiger charge is -2.33. The van der Waals surface area contributed by atoms with Crippen LogP contribution in [0.2, 0.25) is 0 Å².